The van der Waals surface area contributed by atoms with E-state index in [2.05, 4.69) is 0 Å². The molecule has 3 fully saturated rings. The molecule has 2 saturated carbocycles. The van der Waals surface area contributed by atoms with Gasteiger partial charge in [-0.05, 0) is 50.4 Å². The standard InChI is InChI=1S/C13H22O2/c14-12(10-3-4-10)11-5-8-15-13(9-11)6-1-2-7-13/h10-12,14H,1-9H2. The molecular weight excluding hydrogens is 188 g/mol. The van der Waals surface area contributed by atoms with Crippen molar-refractivity contribution < 1.29 is 9.84 Å². The minimum absolute atomic E-state index is 0.0219. The number of hydrogen-bond donors (Lipinski definition) is 1. The Hall–Kier alpha value is -0.0800. The molecule has 15 heavy (non-hydrogen) atoms. The lowest BCUT2D eigenvalue weighted by molar-refractivity contribution is -0.115. The molecule has 1 spiro atoms. The quantitative estimate of drug-likeness (QED) is 0.758. The van der Waals surface area contributed by atoms with Crippen LogP contribution < -0.4 is 0 Å². The number of ether oxygens (including phenoxy) is 1. The van der Waals surface area contributed by atoms with Crippen LogP contribution in [0.25, 0.3) is 0 Å². The maximum Gasteiger partial charge on any atom is 0.0686 e. The summed E-state index contributed by atoms with van der Waals surface area (Å²) in [5.41, 5.74) is 0.179. The highest BCUT2D eigenvalue weighted by Gasteiger charge is 2.44. The third kappa shape index (κ3) is 1.94. The molecule has 0 radical (unpaired) electrons. The van der Waals surface area contributed by atoms with Crippen LogP contribution in [0.2, 0.25) is 0 Å². The van der Waals surface area contributed by atoms with Gasteiger partial charge >= 0.3 is 0 Å². The summed E-state index contributed by atoms with van der Waals surface area (Å²) in [5.74, 6) is 1.16. The molecule has 2 nitrogen and oxygen atoms in total. The summed E-state index contributed by atoms with van der Waals surface area (Å²) in [5, 5.41) is 10.2. The first-order valence-electron chi connectivity index (χ1n) is 6.61. The molecule has 0 aromatic rings. The second-order valence-corrected chi connectivity index (χ2v) is 5.82. The molecule has 0 aromatic heterocycles. The Kier molecular flexibility index (Phi) is 2.52. The van der Waals surface area contributed by atoms with Crippen molar-refractivity contribution in [3.8, 4) is 0 Å². The summed E-state index contributed by atoms with van der Waals surface area (Å²) in [6.07, 6.45) is 9.83. The average molecular weight is 210 g/mol. The highest BCUT2D eigenvalue weighted by atomic mass is 16.5. The summed E-state index contributed by atoms with van der Waals surface area (Å²) < 4.78 is 6.00. The smallest absolute Gasteiger partial charge is 0.0686 e. The molecule has 2 aliphatic carbocycles. The minimum atomic E-state index is -0.0219. The molecular formula is C13H22O2. The van der Waals surface area contributed by atoms with E-state index in [1.54, 1.807) is 0 Å². The van der Waals surface area contributed by atoms with Crippen LogP contribution in [0.3, 0.4) is 0 Å². The average Bonchev–Trinajstić information content (AvgIpc) is 3.02. The van der Waals surface area contributed by atoms with Crippen molar-refractivity contribution in [3.05, 3.63) is 0 Å². The molecule has 86 valence electrons. The van der Waals surface area contributed by atoms with E-state index in [4.69, 9.17) is 4.74 Å². The van der Waals surface area contributed by atoms with Crippen molar-refractivity contribution in [1.29, 1.82) is 0 Å². The van der Waals surface area contributed by atoms with Crippen molar-refractivity contribution in [2.75, 3.05) is 6.61 Å². The lowest BCUT2D eigenvalue weighted by atomic mass is 9.80. The van der Waals surface area contributed by atoms with E-state index in [1.165, 1.54) is 38.5 Å². The number of hydrogen-bond acceptors (Lipinski definition) is 2. The Morgan fingerprint density at radius 1 is 1.07 bits per heavy atom. The summed E-state index contributed by atoms with van der Waals surface area (Å²) in [6, 6.07) is 0. The molecule has 0 aromatic carbocycles. The zero-order valence-corrected chi connectivity index (χ0v) is 9.45. The first-order chi connectivity index (χ1) is 7.29. The third-order valence-electron chi connectivity index (χ3n) is 4.63. The Bertz CT molecular complexity index is 229. The third-order valence-corrected chi connectivity index (χ3v) is 4.63. The molecule has 1 N–H and O–H groups in total. The summed E-state index contributed by atoms with van der Waals surface area (Å²) in [4.78, 5) is 0. The summed E-state index contributed by atoms with van der Waals surface area (Å²) in [6.45, 7) is 0.883. The fraction of sp³-hybridized carbons (Fsp3) is 1.00. The lowest BCUT2D eigenvalue weighted by Gasteiger charge is -2.40. The zero-order chi connectivity index (χ0) is 10.3. The van der Waals surface area contributed by atoms with Crippen LogP contribution in [0.15, 0.2) is 0 Å². The van der Waals surface area contributed by atoms with Crippen LogP contribution in [0.5, 0.6) is 0 Å². The number of rotatable bonds is 2. The second-order valence-electron chi connectivity index (χ2n) is 5.82. The monoisotopic (exact) mass is 210 g/mol. The Labute approximate surface area is 92.0 Å². The Morgan fingerprint density at radius 2 is 1.80 bits per heavy atom. The molecule has 3 rings (SSSR count). The van der Waals surface area contributed by atoms with Crippen molar-refractivity contribution in [2.45, 2.75) is 63.1 Å². The van der Waals surface area contributed by atoms with Crippen LogP contribution in [-0.2, 0) is 4.74 Å². The van der Waals surface area contributed by atoms with E-state index < -0.39 is 0 Å². The van der Waals surface area contributed by atoms with Gasteiger partial charge in [0.1, 0.15) is 0 Å². The van der Waals surface area contributed by atoms with Crippen molar-refractivity contribution in [3.63, 3.8) is 0 Å². The van der Waals surface area contributed by atoms with Crippen LogP contribution >= 0.6 is 0 Å². The van der Waals surface area contributed by atoms with E-state index in [-0.39, 0.29) is 11.7 Å². The highest BCUT2D eigenvalue weighted by molar-refractivity contribution is 4.95. The molecule has 1 aliphatic heterocycles. The van der Waals surface area contributed by atoms with E-state index in [9.17, 15) is 5.11 Å². The SMILES string of the molecule is OC(C1CC1)C1CCOC2(CCCC2)C1. The maximum atomic E-state index is 10.2. The van der Waals surface area contributed by atoms with Gasteiger partial charge in [0, 0.05) is 6.61 Å². The van der Waals surface area contributed by atoms with Gasteiger partial charge in [0.05, 0.1) is 11.7 Å². The molecule has 2 unspecified atom stereocenters. The van der Waals surface area contributed by atoms with Gasteiger partial charge < -0.3 is 9.84 Å². The van der Waals surface area contributed by atoms with Crippen LogP contribution in [0.1, 0.15) is 51.4 Å². The second kappa shape index (κ2) is 3.74. The van der Waals surface area contributed by atoms with Crippen LogP contribution in [-0.4, -0.2) is 23.4 Å². The van der Waals surface area contributed by atoms with Crippen LogP contribution in [0, 0.1) is 11.8 Å². The largest absolute Gasteiger partial charge is 0.393 e. The Morgan fingerprint density at radius 3 is 2.47 bits per heavy atom. The van der Waals surface area contributed by atoms with Gasteiger partial charge in [-0.1, -0.05) is 12.8 Å². The fourth-order valence-electron chi connectivity index (χ4n) is 3.55. The predicted molar refractivity (Wildman–Crippen MR) is 58.6 cm³/mol. The Balaban J connectivity index is 1.64. The van der Waals surface area contributed by atoms with Gasteiger partial charge in [0.2, 0.25) is 0 Å². The first-order valence-corrected chi connectivity index (χ1v) is 6.61. The maximum absolute atomic E-state index is 10.2. The van der Waals surface area contributed by atoms with Gasteiger partial charge in [0.25, 0.3) is 0 Å². The number of aliphatic hydroxyl groups is 1. The summed E-state index contributed by atoms with van der Waals surface area (Å²) in [7, 11) is 0. The highest BCUT2D eigenvalue weighted by Crippen LogP contribution is 2.46. The van der Waals surface area contributed by atoms with Gasteiger partial charge in [-0.25, -0.2) is 0 Å². The van der Waals surface area contributed by atoms with E-state index in [1.807, 2.05) is 0 Å². The van der Waals surface area contributed by atoms with Crippen molar-refractivity contribution in [2.24, 2.45) is 11.8 Å². The molecule has 3 aliphatic rings. The molecule has 1 heterocycles. The molecule has 0 bridgehead atoms. The minimum Gasteiger partial charge on any atom is -0.393 e. The van der Waals surface area contributed by atoms with Crippen molar-refractivity contribution >= 4 is 0 Å². The van der Waals surface area contributed by atoms with Gasteiger partial charge in [-0.15, -0.1) is 0 Å². The summed E-state index contributed by atoms with van der Waals surface area (Å²) >= 11 is 0. The molecule has 1 saturated heterocycles. The lowest BCUT2D eigenvalue weighted by Crippen LogP contribution is -2.41. The van der Waals surface area contributed by atoms with Gasteiger partial charge in [0.15, 0.2) is 0 Å². The topological polar surface area (TPSA) is 29.5 Å². The number of aliphatic hydroxyl groups excluding tert-OH is 1. The van der Waals surface area contributed by atoms with Gasteiger partial charge in [-0.2, -0.15) is 0 Å². The van der Waals surface area contributed by atoms with Crippen LogP contribution in [0.4, 0.5) is 0 Å². The zero-order valence-electron chi connectivity index (χ0n) is 9.45. The molecule has 2 heteroatoms. The molecule has 2 atom stereocenters. The normalized spacial score (nSPS) is 37.0. The van der Waals surface area contributed by atoms with E-state index in [0.717, 1.165) is 19.4 Å². The predicted octanol–water partition coefficient (Wildman–Crippen LogP) is 2.50. The van der Waals surface area contributed by atoms with Gasteiger partial charge in [-0.3, -0.25) is 0 Å². The first kappa shape index (κ1) is 10.1. The van der Waals surface area contributed by atoms with Crippen molar-refractivity contribution in [1.82, 2.24) is 0 Å². The fourth-order valence-corrected chi connectivity index (χ4v) is 3.55. The van der Waals surface area contributed by atoms with E-state index >= 15 is 0 Å². The van der Waals surface area contributed by atoms with E-state index in [0.29, 0.717) is 11.8 Å². The molecule has 0 amide bonds.